The van der Waals surface area contributed by atoms with E-state index in [-0.39, 0.29) is 17.2 Å². The molecule has 0 amide bonds. The van der Waals surface area contributed by atoms with E-state index in [1.807, 2.05) is 13.8 Å². The molecule has 18 heavy (non-hydrogen) atoms. The van der Waals surface area contributed by atoms with Crippen LogP contribution in [0.15, 0.2) is 21.6 Å². The Kier molecular flexibility index (Phi) is 4.92. The minimum absolute atomic E-state index is 0.0166. The van der Waals surface area contributed by atoms with Crippen LogP contribution in [0.25, 0.3) is 0 Å². The number of aliphatic hydroxyl groups excluding tert-OH is 1. The number of hydrogen-bond donors (Lipinski definition) is 3. The van der Waals surface area contributed by atoms with Crippen LogP contribution in [-0.2, 0) is 16.6 Å². The molecule has 0 spiro atoms. The molecule has 104 valence electrons. The third-order valence-corrected chi connectivity index (χ3v) is 3.99. The van der Waals surface area contributed by atoms with Crippen molar-refractivity contribution in [1.29, 1.82) is 0 Å². The van der Waals surface area contributed by atoms with Gasteiger partial charge in [-0.15, -0.1) is 0 Å². The maximum atomic E-state index is 11.0. The molecule has 0 fully saturated rings. The molecule has 1 rings (SSSR count). The molecule has 7 heteroatoms. The maximum Gasteiger partial charge on any atom is 0.271 e. The van der Waals surface area contributed by atoms with Crippen molar-refractivity contribution >= 4 is 10.0 Å². The Morgan fingerprint density at radius 2 is 2.00 bits per heavy atom. The Bertz CT molecular complexity index is 469. The zero-order chi connectivity index (χ0) is 13.8. The number of hydrogen-bond acceptors (Lipinski definition) is 5. The fraction of sp³-hybridized carbons (Fsp3) is 0.636. The molecule has 0 bridgehead atoms. The molecule has 1 aromatic rings. The highest BCUT2D eigenvalue weighted by Gasteiger charge is 2.24. The Labute approximate surface area is 107 Å². The monoisotopic (exact) mass is 276 g/mol. The maximum absolute atomic E-state index is 11.0. The van der Waals surface area contributed by atoms with Gasteiger partial charge in [0.05, 0.1) is 13.2 Å². The Hall–Kier alpha value is -0.890. The summed E-state index contributed by atoms with van der Waals surface area (Å²) < 4.78 is 27.2. The van der Waals surface area contributed by atoms with E-state index in [0.29, 0.717) is 12.3 Å². The predicted octanol–water partition coefficient (Wildman–Crippen LogP) is 0.568. The van der Waals surface area contributed by atoms with E-state index in [2.05, 4.69) is 5.32 Å². The number of nitrogens with two attached hydrogens (primary N) is 1. The van der Waals surface area contributed by atoms with Crippen molar-refractivity contribution in [2.75, 3.05) is 6.61 Å². The summed E-state index contributed by atoms with van der Waals surface area (Å²) in [5, 5.41) is 17.3. The molecule has 0 aliphatic rings. The lowest BCUT2D eigenvalue weighted by molar-refractivity contribution is 0.146. The molecule has 4 N–H and O–H groups in total. The summed E-state index contributed by atoms with van der Waals surface area (Å²) in [5.74, 6) is 0.471. The number of sulfonamides is 1. The molecule has 0 radical (unpaired) electrons. The normalized spacial score (nSPS) is 12.9. The molecule has 1 heterocycles. The minimum Gasteiger partial charge on any atom is -0.447 e. The molecule has 0 saturated heterocycles. The van der Waals surface area contributed by atoms with Gasteiger partial charge in [-0.05, 0) is 25.0 Å². The van der Waals surface area contributed by atoms with Gasteiger partial charge in [0.2, 0.25) is 5.09 Å². The van der Waals surface area contributed by atoms with Crippen LogP contribution in [0.1, 0.15) is 32.4 Å². The van der Waals surface area contributed by atoms with Crippen molar-refractivity contribution in [3.8, 4) is 0 Å². The van der Waals surface area contributed by atoms with Crippen LogP contribution < -0.4 is 10.5 Å². The van der Waals surface area contributed by atoms with E-state index in [4.69, 9.17) is 9.56 Å². The summed E-state index contributed by atoms with van der Waals surface area (Å²) in [6, 6.07) is 2.88. The Balaban J connectivity index is 2.72. The molecule has 0 aliphatic carbocycles. The van der Waals surface area contributed by atoms with Crippen LogP contribution in [-0.4, -0.2) is 25.7 Å². The highest BCUT2D eigenvalue weighted by Crippen LogP contribution is 2.17. The summed E-state index contributed by atoms with van der Waals surface area (Å²) in [5.41, 5.74) is -0.367. The van der Waals surface area contributed by atoms with Gasteiger partial charge in [0, 0.05) is 5.54 Å². The average molecular weight is 276 g/mol. The zero-order valence-corrected chi connectivity index (χ0v) is 11.5. The van der Waals surface area contributed by atoms with Crippen LogP contribution in [0.2, 0.25) is 0 Å². The number of primary sulfonamides is 1. The van der Waals surface area contributed by atoms with Gasteiger partial charge in [-0.25, -0.2) is 13.6 Å². The highest BCUT2D eigenvalue weighted by molar-refractivity contribution is 7.89. The second kappa shape index (κ2) is 5.83. The van der Waals surface area contributed by atoms with E-state index < -0.39 is 10.0 Å². The van der Waals surface area contributed by atoms with Gasteiger partial charge in [-0.1, -0.05) is 13.8 Å². The molecule has 6 nitrogen and oxygen atoms in total. The van der Waals surface area contributed by atoms with Crippen molar-refractivity contribution in [1.82, 2.24) is 5.32 Å². The molecule has 0 atom stereocenters. The van der Waals surface area contributed by atoms with Gasteiger partial charge in [0.15, 0.2) is 0 Å². The lowest BCUT2D eigenvalue weighted by Gasteiger charge is -2.30. The third-order valence-electron chi connectivity index (χ3n) is 3.21. The predicted molar refractivity (Wildman–Crippen MR) is 67.3 cm³/mol. The first-order valence-electron chi connectivity index (χ1n) is 5.84. The van der Waals surface area contributed by atoms with Crippen molar-refractivity contribution in [2.24, 2.45) is 5.14 Å². The van der Waals surface area contributed by atoms with E-state index in [1.54, 1.807) is 6.07 Å². The van der Waals surface area contributed by atoms with Gasteiger partial charge in [0.1, 0.15) is 5.76 Å². The average Bonchev–Trinajstić information content (AvgIpc) is 2.80. The SMILES string of the molecule is CCC(CC)(CO)NCc1ccc(S(N)(=O)=O)o1. The fourth-order valence-electron chi connectivity index (χ4n) is 1.66. The van der Waals surface area contributed by atoms with Gasteiger partial charge < -0.3 is 14.8 Å². The lowest BCUT2D eigenvalue weighted by atomic mass is 9.94. The van der Waals surface area contributed by atoms with Crippen LogP contribution >= 0.6 is 0 Å². The van der Waals surface area contributed by atoms with Crippen molar-refractivity contribution < 1.29 is 17.9 Å². The van der Waals surface area contributed by atoms with Crippen LogP contribution in [0.4, 0.5) is 0 Å². The molecular formula is C11H20N2O4S. The van der Waals surface area contributed by atoms with Crippen molar-refractivity contribution in [2.45, 2.75) is 43.9 Å². The first kappa shape index (κ1) is 15.2. The topological polar surface area (TPSA) is 106 Å². The summed E-state index contributed by atoms with van der Waals surface area (Å²) >= 11 is 0. The van der Waals surface area contributed by atoms with Crippen LogP contribution in [0.3, 0.4) is 0 Å². The van der Waals surface area contributed by atoms with Crippen LogP contribution in [0, 0.1) is 0 Å². The number of aliphatic hydroxyl groups is 1. The second-order valence-electron chi connectivity index (χ2n) is 4.26. The van der Waals surface area contributed by atoms with E-state index in [9.17, 15) is 13.5 Å². The van der Waals surface area contributed by atoms with E-state index in [1.165, 1.54) is 6.07 Å². The Morgan fingerprint density at radius 1 is 1.39 bits per heavy atom. The quantitative estimate of drug-likeness (QED) is 0.675. The van der Waals surface area contributed by atoms with E-state index in [0.717, 1.165) is 12.8 Å². The summed E-state index contributed by atoms with van der Waals surface area (Å²) in [4.78, 5) is 0. The molecular weight excluding hydrogens is 256 g/mol. The standard InChI is InChI=1S/C11H20N2O4S/c1-3-11(4-2,8-14)13-7-9-5-6-10(17-9)18(12,15)16/h5-6,13-14H,3-4,7-8H2,1-2H3,(H2,12,15,16). The van der Waals surface area contributed by atoms with Gasteiger partial charge in [-0.3, -0.25) is 0 Å². The zero-order valence-electron chi connectivity index (χ0n) is 10.6. The number of furan rings is 1. The van der Waals surface area contributed by atoms with Crippen LogP contribution in [0.5, 0.6) is 0 Å². The summed E-state index contributed by atoms with van der Waals surface area (Å²) in [6.07, 6.45) is 1.53. The number of rotatable bonds is 7. The minimum atomic E-state index is -3.80. The smallest absolute Gasteiger partial charge is 0.271 e. The Morgan fingerprint density at radius 3 is 2.39 bits per heavy atom. The molecule has 0 unspecified atom stereocenters. The highest BCUT2D eigenvalue weighted by atomic mass is 32.2. The van der Waals surface area contributed by atoms with Crippen molar-refractivity contribution in [3.63, 3.8) is 0 Å². The summed E-state index contributed by atoms with van der Waals surface area (Å²) in [7, 11) is -3.80. The lowest BCUT2D eigenvalue weighted by Crippen LogP contribution is -2.46. The first-order valence-corrected chi connectivity index (χ1v) is 7.39. The molecule has 0 aliphatic heterocycles. The molecule has 0 saturated carbocycles. The molecule has 1 aromatic heterocycles. The largest absolute Gasteiger partial charge is 0.447 e. The molecule has 0 aromatic carbocycles. The number of nitrogens with one attached hydrogen (secondary N) is 1. The second-order valence-corrected chi connectivity index (χ2v) is 5.76. The third kappa shape index (κ3) is 3.55. The fourth-order valence-corrected chi connectivity index (χ4v) is 2.14. The summed E-state index contributed by atoms with van der Waals surface area (Å²) in [6.45, 7) is 4.32. The first-order chi connectivity index (χ1) is 8.37. The van der Waals surface area contributed by atoms with Gasteiger partial charge in [-0.2, -0.15) is 0 Å². The van der Waals surface area contributed by atoms with Gasteiger partial charge in [0.25, 0.3) is 10.0 Å². The van der Waals surface area contributed by atoms with Gasteiger partial charge >= 0.3 is 0 Å². The van der Waals surface area contributed by atoms with E-state index >= 15 is 0 Å². The van der Waals surface area contributed by atoms with Crippen molar-refractivity contribution in [3.05, 3.63) is 17.9 Å².